The van der Waals surface area contributed by atoms with Gasteiger partial charge in [0.2, 0.25) is 5.91 Å². The first-order chi connectivity index (χ1) is 14.5. The van der Waals surface area contributed by atoms with Gasteiger partial charge in [0.15, 0.2) is 0 Å². The molecule has 1 atom stereocenters. The summed E-state index contributed by atoms with van der Waals surface area (Å²) in [6, 6.07) is 11.0. The van der Waals surface area contributed by atoms with Crippen molar-refractivity contribution in [3.05, 3.63) is 53.7 Å². The van der Waals surface area contributed by atoms with Gasteiger partial charge < -0.3 is 5.32 Å². The summed E-state index contributed by atoms with van der Waals surface area (Å²) in [5.41, 5.74) is 2.42. The Balaban J connectivity index is 1.35. The number of thiophene rings is 1. The van der Waals surface area contributed by atoms with Crippen LogP contribution in [-0.2, 0) is 16.0 Å². The van der Waals surface area contributed by atoms with Crippen LogP contribution in [0.5, 0.6) is 0 Å². The third-order valence-corrected chi connectivity index (χ3v) is 6.65. The number of thioether (sulfide) groups is 1. The van der Waals surface area contributed by atoms with Gasteiger partial charge in [0, 0.05) is 5.39 Å². The number of amides is 4. The van der Waals surface area contributed by atoms with Crippen LogP contribution in [0.15, 0.2) is 53.1 Å². The zero-order valence-corrected chi connectivity index (χ0v) is 17.8. The van der Waals surface area contributed by atoms with E-state index in [9.17, 15) is 14.4 Å². The summed E-state index contributed by atoms with van der Waals surface area (Å²) in [7, 11) is 0. The Morgan fingerprint density at radius 3 is 2.83 bits per heavy atom. The number of carbonyl (C=O) groups excluding carboxylic acids is 3. The van der Waals surface area contributed by atoms with E-state index >= 15 is 0 Å². The van der Waals surface area contributed by atoms with E-state index in [1.165, 1.54) is 29.4 Å². The molecule has 0 saturated carbocycles. The second kappa shape index (κ2) is 8.41. The molecule has 0 spiro atoms. The summed E-state index contributed by atoms with van der Waals surface area (Å²) in [5.74, 6) is -0.915. The fourth-order valence-electron chi connectivity index (χ4n) is 3.17. The number of hydrazine groups is 1. The van der Waals surface area contributed by atoms with Crippen molar-refractivity contribution in [3.8, 4) is 0 Å². The number of fused-ring (bicyclic) bond motifs is 1. The van der Waals surface area contributed by atoms with Crippen LogP contribution in [0.25, 0.3) is 10.2 Å². The largest absolute Gasteiger partial charge is 0.344 e. The summed E-state index contributed by atoms with van der Waals surface area (Å²) in [5, 5.41) is 6.94. The standard InChI is InChI=1S/C20H19N5O3S2/c1-20(9-7-13-5-3-2-4-6-13)18(27)25(19(28)23-20)24-15(26)11-30-17-14-8-10-29-16(14)21-12-22-17/h2-6,8,10,12H,7,9,11H2,1H3,(H,23,28)(H,24,26). The van der Waals surface area contributed by atoms with E-state index < -0.39 is 23.4 Å². The van der Waals surface area contributed by atoms with Crippen LogP contribution in [0, 0.1) is 0 Å². The van der Waals surface area contributed by atoms with Crippen LogP contribution in [0.4, 0.5) is 4.79 Å². The van der Waals surface area contributed by atoms with Crippen LogP contribution in [-0.4, -0.2) is 44.1 Å². The molecule has 1 fully saturated rings. The van der Waals surface area contributed by atoms with Crippen molar-refractivity contribution in [1.29, 1.82) is 0 Å². The van der Waals surface area contributed by atoms with E-state index in [-0.39, 0.29) is 5.75 Å². The smallest absolute Gasteiger partial charge is 0.322 e. The van der Waals surface area contributed by atoms with Crippen molar-refractivity contribution in [2.75, 3.05) is 5.75 Å². The Kier molecular flexibility index (Phi) is 5.69. The highest BCUT2D eigenvalue weighted by atomic mass is 32.2. The molecule has 4 rings (SSSR count). The fourth-order valence-corrected chi connectivity index (χ4v) is 4.74. The molecule has 1 saturated heterocycles. The van der Waals surface area contributed by atoms with Gasteiger partial charge in [-0.25, -0.2) is 14.8 Å². The average molecular weight is 442 g/mol. The molecule has 30 heavy (non-hydrogen) atoms. The number of nitrogens with zero attached hydrogens (tertiary/aromatic N) is 3. The average Bonchev–Trinajstić information content (AvgIpc) is 3.31. The summed E-state index contributed by atoms with van der Waals surface area (Å²) in [6.07, 6.45) is 2.51. The highest BCUT2D eigenvalue weighted by molar-refractivity contribution is 8.00. The molecule has 4 amide bonds. The lowest BCUT2D eigenvalue weighted by Gasteiger charge is -2.21. The second-order valence-corrected chi connectivity index (χ2v) is 8.89. The quantitative estimate of drug-likeness (QED) is 0.332. The van der Waals surface area contributed by atoms with Crippen molar-refractivity contribution >= 4 is 51.2 Å². The Labute approximate surface area is 181 Å². The van der Waals surface area contributed by atoms with Gasteiger partial charge in [0.05, 0.1) is 5.75 Å². The van der Waals surface area contributed by atoms with Crippen molar-refractivity contribution in [3.63, 3.8) is 0 Å². The number of benzene rings is 1. The lowest BCUT2D eigenvalue weighted by Crippen LogP contribution is -2.49. The normalized spacial score (nSPS) is 18.6. The summed E-state index contributed by atoms with van der Waals surface area (Å²) < 4.78 is 0. The van der Waals surface area contributed by atoms with Gasteiger partial charge in [-0.05, 0) is 36.8 Å². The molecule has 0 radical (unpaired) electrons. The topological polar surface area (TPSA) is 104 Å². The van der Waals surface area contributed by atoms with Gasteiger partial charge in [0.25, 0.3) is 5.91 Å². The third kappa shape index (κ3) is 4.14. The monoisotopic (exact) mass is 441 g/mol. The maximum absolute atomic E-state index is 12.8. The Morgan fingerprint density at radius 2 is 2.03 bits per heavy atom. The molecule has 1 aromatic carbocycles. The zero-order chi connectivity index (χ0) is 21.1. The lowest BCUT2D eigenvalue weighted by molar-refractivity contribution is -0.138. The molecule has 2 aromatic heterocycles. The first kappa shape index (κ1) is 20.3. The van der Waals surface area contributed by atoms with Crippen LogP contribution < -0.4 is 10.7 Å². The molecular formula is C20H19N5O3S2. The Morgan fingerprint density at radius 1 is 1.23 bits per heavy atom. The van der Waals surface area contributed by atoms with Gasteiger partial charge in [-0.3, -0.25) is 15.0 Å². The minimum Gasteiger partial charge on any atom is -0.322 e. The number of aromatic nitrogens is 2. The van der Waals surface area contributed by atoms with Gasteiger partial charge in [-0.2, -0.15) is 5.01 Å². The summed E-state index contributed by atoms with van der Waals surface area (Å²) in [6.45, 7) is 1.67. The number of aryl methyl sites for hydroxylation is 1. The second-order valence-electron chi connectivity index (χ2n) is 7.03. The van der Waals surface area contributed by atoms with E-state index in [0.29, 0.717) is 17.9 Å². The number of imide groups is 1. The number of rotatable bonds is 7. The number of carbonyl (C=O) groups is 3. The molecule has 3 heterocycles. The summed E-state index contributed by atoms with van der Waals surface area (Å²) in [4.78, 5) is 46.7. The number of urea groups is 1. The van der Waals surface area contributed by atoms with Crippen molar-refractivity contribution in [1.82, 2.24) is 25.7 Å². The molecular weight excluding hydrogens is 422 g/mol. The molecule has 1 aliphatic rings. The third-order valence-electron chi connectivity index (χ3n) is 4.82. The molecule has 10 heteroatoms. The van der Waals surface area contributed by atoms with Crippen LogP contribution in [0.2, 0.25) is 0 Å². The maximum atomic E-state index is 12.8. The molecule has 0 bridgehead atoms. The lowest BCUT2D eigenvalue weighted by atomic mass is 9.93. The van der Waals surface area contributed by atoms with E-state index in [1.807, 2.05) is 41.8 Å². The number of nitrogens with one attached hydrogen (secondary N) is 2. The van der Waals surface area contributed by atoms with Crippen LogP contribution >= 0.6 is 23.1 Å². The van der Waals surface area contributed by atoms with Gasteiger partial charge >= 0.3 is 6.03 Å². The predicted octanol–water partition coefficient (Wildman–Crippen LogP) is 2.76. The molecule has 8 nitrogen and oxygen atoms in total. The predicted molar refractivity (Wildman–Crippen MR) is 115 cm³/mol. The van der Waals surface area contributed by atoms with Crippen molar-refractivity contribution in [2.45, 2.75) is 30.3 Å². The van der Waals surface area contributed by atoms with E-state index in [1.54, 1.807) is 6.92 Å². The fraction of sp³-hybridized carbons (Fsp3) is 0.250. The summed E-state index contributed by atoms with van der Waals surface area (Å²) >= 11 is 2.72. The van der Waals surface area contributed by atoms with Gasteiger partial charge in [-0.1, -0.05) is 42.1 Å². The van der Waals surface area contributed by atoms with E-state index in [0.717, 1.165) is 20.8 Å². The molecule has 2 N–H and O–H groups in total. The number of hydrogen-bond acceptors (Lipinski definition) is 7. The molecule has 3 aromatic rings. The first-order valence-corrected chi connectivity index (χ1v) is 11.1. The van der Waals surface area contributed by atoms with E-state index in [4.69, 9.17) is 0 Å². The SMILES string of the molecule is CC1(CCc2ccccc2)NC(=O)N(NC(=O)CSc2ncnc3sccc23)C1=O. The molecule has 1 aliphatic heterocycles. The Bertz CT molecular complexity index is 1100. The van der Waals surface area contributed by atoms with Crippen molar-refractivity contribution < 1.29 is 14.4 Å². The molecule has 1 unspecified atom stereocenters. The highest BCUT2D eigenvalue weighted by Crippen LogP contribution is 2.27. The van der Waals surface area contributed by atoms with Crippen molar-refractivity contribution in [2.24, 2.45) is 0 Å². The maximum Gasteiger partial charge on any atom is 0.344 e. The highest BCUT2D eigenvalue weighted by Gasteiger charge is 2.48. The van der Waals surface area contributed by atoms with E-state index in [2.05, 4.69) is 20.7 Å². The van der Waals surface area contributed by atoms with Gasteiger partial charge in [-0.15, -0.1) is 11.3 Å². The van der Waals surface area contributed by atoms with Crippen LogP contribution in [0.1, 0.15) is 18.9 Å². The Hall–Kier alpha value is -2.98. The van der Waals surface area contributed by atoms with Crippen LogP contribution in [0.3, 0.4) is 0 Å². The zero-order valence-electron chi connectivity index (χ0n) is 16.1. The first-order valence-electron chi connectivity index (χ1n) is 9.27. The molecule has 154 valence electrons. The van der Waals surface area contributed by atoms with Gasteiger partial charge in [0.1, 0.15) is 21.7 Å². The number of hydrogen-bond donors (Lipinski definition) is 2. The minimum absolute atomic E-state index is 0.0136. The minimum atomic E-state index is -1.07. The molecule has 0 aliphatic carbocycles.